The van der Waals surface area contributed by atoms with E-state index < -0.39 is 0 Å². The van der Waals surface area contributed by atoms with Gasteiger partial charge in [0.2, 0.25) is 17.7 Å². The molecule has 2 aromatic rings. The fourth-order valence-electron chi connectivity index (χ4n) is 2.94. The number of nitrogens with zero attached hydrogens (tertiary/aromatic N) is 3. The van der Waals surface area contributed by atoms with Crippen LogP contribution in [0.4, 0.5) is 11.6 Å². The number of methoxy groups -OCH3 is 1. The largest absolute Gasteiger partial charge is 0.481 e. The lowest BCUT2D eigenvalue weighted by molar-refractivity contribution is -0.120. The van der Waals surface area contributed by atoms with E-state index in [9.17, 15) is 4.79 Å². The lowest BCUT2D eigenvalue weighted by Crippen LogP contribution is -2.41. The Labute approximate surface area is 155 Å². The standard InChI is InChI=1S/C18H21BrN4O2/c1-12-10-16(25-2)22-18(20-12)23-9-5-6-13(11-23)17(24)21-15-8-4-3-7-14(15)19/h3-4,7-8,10,13H,5-6,9,11H2,1-2H3,(H,21,24)/t13-/m0/s1. The number of nitrogens with one attached hydrogen (secondary N) is 1. The quantitative estimate of drug-likeness (QED) is 0.845. The lowest BCUT2D eigenvalue weighted by atomic mass is 9.97. The highest BCUT2D eigenvalue weighted by Gasteiger charge is 2.27. The van der Waals surface area contributed by atoms with E-state index >= 15 is 0 Å². The van der Waals surface area contributed by atoms with E-state index in [1.54, 1.807) is 13.2 Å². The van der Waals surface area contributed by atoms with Crippen LogP contribution in [-0.4, -0.2) is 36.1 Å². The van der Waals surface area contributed by atoms with Crippen molar-refractivity contribution in [3.05, 3.63) is 40.5 Å². The van der Waals surface area contributed by atoms with Crippen LogP contribution in [0, 0.1) is 12.8 Å². The number of aryl methyl sites for hydroxylation is 1. The minimum absolute atomic E-state index is 0.0243. The molecule has 0 unspecified atom stereocenters. The molecule has 7 heteroatoms. The summed E-state index contributed by atoms with van der Waals surface area (Å²) in [5.41, 5.74) is 1.64. The van der Waals surface area contributed by atoms with E-state index in [0.29, 0.717) is 18.4 Å². The number of rotatable bonds is 4. The minimum Gasteiger partial charge on any atom is -0.481 e. The first-order valence-electron chi connectivity index (χ1n) is 8.27. The van der Waals surface area contributed by atoms with Gasteiger partial charge in [-0.1, -0.05) is 12.1 Å². The number of ether oxygens (including phenoxy) is 1. The monoisotopic (exact) mass is 404 g/mol. The summed E-state index contributed by atoms with van der Waals surface area (Å²) < 4.78 is 6.11. The molecular formula is C18H21BrN4O2. The third-order valence-corrected chi connectivity index (χ3v) is 4.93. The molecule has 3 rings (SSSR count). The number of piperidine rings is 1. The molecule has 1 aliphatic heterocycles. The Bertz CT molecular complexity index is 768. The van der Waals surface area contributed by atoms with Gasteiger partial charge in [0, 0.05) is 29.3 Å². The first-order chi connectivity index (χ1) is 12.1. The normalized spacial score (nSPS) is 17.2. The van der Waals surface area contributed by atoms with Crippen molar-refractivity contribution in [2.24, 2.45) is 5.92 Å². The molecule has 1 amide bonds. The molecule has 6 nitrogen and oxygen atoms in total. The van der Waals surface area contributed by atoms with Crippen LogP contribution in [-0.2, 0) is 4.79 Å². The van der Waals surface area contributed by atoms with Gasteiger partial charge in [0.05, 0.1) is 18.7 Å². The molecule has 1 saturated heterocycles. The molecule has 0 bridgehead atoms. The summed E-state index contributed by atoms with van der Waals surface area (Å²) in [6.07, 6.45) is 1.78. The molecule has 1 atom stereocenters. The van der Waals surface area contributed by atoms with E-state index in [-0.39, 0.29) is 11.8 Å². The highest BCUT2D eigenvalue weighted by Crippen LogP contribution is 2.26. The summed E-state index contributed by atoms with van der Waals surface area (Å²) >= 11 is 3.46. The maximum Gasteiger partial charge on any atom is 0.229 e. The smallest absolute Gasteiger partial charge is 0.229 e. The average Bonchev–Trinajstić information content (AvgIpc) is 2.63. The van der Waals surface area contributed by atoms with Crippen LogP contribution in [0.3, 0.4) is 0 Å². The minimum atomic E-state index is -0.101. The number of aromatic nitrogens is 2. The molecule has 25 heavy (non-hydrogen) atoms. The van der Waals surface area contributed by atoms with Crippen LogP contribution < -0.4 is 15.0 Å². The number of carbonyl (C=O) groups is 1. The molecule has 0 saturated carbocycles. The van der Waals surface area contributed by atoms with Crippen molar-refractivity contribution < 1.29 is 9.53 Å². The number of benzene rings is 1. The van der Waals surface area contributed by atoms with Crippen molar-refractivity contribution in [3.63, 3.8) is 0 Å². The molecule has 1 aliphatic rings. The van der Waals surface area contributed by atoms with Crippen LogP contribution >= 0.6 is 15.9 Å². The molecule has 1 aromatic heterocycles. The van der Waals surface area contributed by atoms with Gasteiger partial charge >= 0.3 is 0 Å². The molecule has 0 aliphatic carbocycles. The van der Waals surface area contributed by atoms with Crippen LogP contribution in [0.1, 0.15) is 18.5 Å². The fourth-order valence-corrected chi connectivity index (χ4v) is 3.32. The number of halogens is 1. The third-order valence-electron chi connectivity index (χ3n) is 4.23. The van der Waals surface area contributed by atoms with Crippen LogP contribution in [0.2, 0.25) is 0 Å². The number of hydrogen-bond donors (Lipinski definition) is 1. The number of hydrogen-bond acceptors (Lipinski definition) is 5. The highest BCUT2D eigenvalue weighted by atomic mass is 79.9. The number of carbonyl (C=O) groups excluding carboxylic acids is 1. The van der Waals surface area contributed by atoms with Gasteiger partial charge < -0.3 is 15.0 Å². The van der Waals surface area contributed by atoms with Gasteiger partial charge in [-0.2, -0.15) is 4.98 Å². The van der Waals surface area contributed by atoms with Crippen molar-refractivity contribution in [3.8, 4) is 5.88 Å². The Morgan fingerprint density at radius 1 is 1.36 bits per heavy atom. The second-order valence-electron chi connectivity index (χ2n) is 6.11. The van der Waals surface area contributed by atoms with Gasteiger partial charge in [-0.3, -0.25) is 4.79 Å². The Morgan fingerprint density at radius 2 is 2.16 bits per heavy atom. The zero-order valence-corrected chi connectivity index (χ0v) is 15.9. The van der Waals surface area contributed by atoms with Gasteiger partial charge in [0.1, 0.15) is 0 Å². The summed E-state index contributed by atoms with van der Waals surface area (Å²) in [4.78, 5) is 23.6. The maximum atomic E-state index is 12.7. The Kier molecular flexibility index (Phi) is 5.53. The van der Waals surface area contributed by atoms with Gasteiger partial charge in [0.25, 0.3) is 0 Å². The van der Waals surface area contributed by atoms with Gasteiger partial charge in [0.15, 0.2) is 0 Å². The topological polar surface area (TPSA) is 67.3 Å². The van der Waals surface area contributed by atoms with E-state index in [0.717, 1.165) is 35.2 Å². The summed E-state index contributed by atoms with van der Waals surface area (Å²) in [6.45, 7) is 3.35. The molecule has 132 valence electrons. The van der Waals surface area contributed by atoms with Crippen LogP contribution in [0.15, 0.2) is 34.8 Å². The van der Waals surface area contributed by atoms with Crippen molar-refractivity contribution in [1.29, 1.82) is 0 Å². The maximum absolute atomic E-state index is 12.7. The molecule has 0 spiro atoms. The summed E-state index contributed by atoms with van der Waals surface area (Å²) in [6, 6.07) is 9.42. The SMILES string of the molecule is COc1cc(C)nc(N2CCC[C@H](C(=O)Nc3ccccc3Br)C2)n1. The molecule has 1 fully saturated rings. The fraction of sp³-hybridized carbons (Fsp3) is 0.389. The highest BCUT2D eigenvalue weighted by molar-refractivity contribution is 9.10. The zero-order chi connectivity index (χ0) is 17.8. The summed E-state index contributed by atoms with van der Waals surface area (Å²) in [5, 5.41) is 3.01. The Morgan fingerprint density at radius 3 is 2.92 bits per heavy atom. The summed E-state index contributed by atoms with van der Waals surface area (Å²) in [7, 11) is 1.59. The number of para-hydroxylation sites is 1. The van der Waals surface area contributed by atoms with Gasteiger partial charge in [-0.15, -0.1) is 0 Å². The second-order valence-corrected chi connectivity index (χ2v) is 6.96. The molecule has 2 heterocycles. The Hall–Kier alpha value is -2.15. The van der Waals surface area contributed by atoms with E-state index in [1.165, 1.54) is 0 Å². The van der Waals surface area contributed by atoms with Crippen molar-refractivity contribution in [2.45, 2.75) is 19.8 Å². The van der Waals surface area contributed by atoms with Crippen LogP contribution in [0.5, 0.6) is 5.88 Å². The molecular weight excluding hydrogens is 384 g/mol. The number of anilines is 2. The summed E-state index contributed by atoms with van der Waals surface area (Å²) in [5.74, 6) is 1.09. The van der Waals surface area contributed by atoms with Crippen molar-refractivity contribution in [1.82, 2.24) is 9.97 Å². The third kappa shape index (κ3) is 4.28. The average molecular weight is 405 g/mol. The predicted octanol–water partition coefficient (Wildman–Crippen LogP) is 3.41. The van der Waals surface area contributed by atoms with Crippen molar-refractivity contribution in [2.75, 3.05) is 30.4 Å². The number of amides is 1. The van der Waals surface area contributed by atoms with Gasteiger partial charge in [-0.25, -0.2) is 4.98 Å². The molecule has 1 aromatic carbocycles. The van der Waals surface area contributed by atoms with Crippen molar-refractivity contribution >= 4 is 33.5 Å². The van der Waals surface area contributed by atoms with E-state index in [4.69, 9.17) is 4.74 Å². The first kappa shape index (κ1) is 17.7. The van der Waals surface area contributed by atoms with Gasteiger partial charge in [-0.05, 0) is 47.8 Å². The predicted molar refractivity (Wildman–Crippen MR) is 101 cm³/mol. The van der Waals surface area contributed by atoms with Crippen LogP contribution in [0.25, 0.3) is 0 Å². The molecule has 0 radical (unpaired) electrons. The lowest BCUT2D eigenvalue weighted by Gasteiger charge is -2.32. The Balaban J connectivity index is 1.71. The van der Waals surface area contributed by atoms with E-state index in [1.807, 2.05) is 31.2 Å². The zero-order valence-electron chi connectivity index (χ0n) is 14.3. The van der Waals surface area contributed by atoms with E-state index in [2.05, 4.69) is 36.1 Å². The first-order valence-corrected chi connectivity index (χ1v) is 9.06. The molecule has 1 N–H and O–H groups in total. The second kappa shape index (κ2) is 7.82.